The SMILES string of the molecule is CCOC(=O)C1=C(CN2CCOCC2OC=O)NC(n2cncn2)=NC1c1ccc(F)cc1Br. The molecule has 3 heterocycles. The number of rotatable bonds is 7. The minimum atomic E-state index is -0.837. The Morgan fingerprint density at radius 2 is 2.29 bits per heavy atom. The Morgan fingerprint density at radius 1 is 1.44 bits per heavy atom. The lowest BCUT2D eigenvalue weighted by molar-refractivity contribution is -0.160. The van der Waals surface area contributed by atoms with Crippen molar-refractivity contribution >= 4 is 34.3 Å². The standard InChI is InChI=1S/C21H22BrFN6O5/c1-2-33-20(31)18-16(8-28-5-6-32-9-17(28)34-12-30)26-21(29-11-24-10-25-29)27-19(18)14-4-3-13(23)7-15(14)22/h3-4,7,10-12,17,19H,2,5-6,8-9H2,1H3,(H,26,27). The fourth-order valence-corrected chi connectivity index (χ4v) is 4.29. The normalized spacial score (nSPS) is 21.0. The van der Waals surface area contributed by atoms with Gasteiger partial charge in [-0.25, -0.2) is 19.2 Å². The van der Waals surface area contributed by atoms with Crippen molar-refractivity contribution in [3.05, 3.63) is 58.0 Å². The van der Waals surface area contributed by atoms with E-state index in [9.17, 15) is 14.0 Å². The van der Waals surface area contributed by atoms with Crippen LogP contribution in [-0.4, -0.2) is 77.2 Å². The van der Waals surface area contributed by atoms with Crippen molar-refractivity contribution in [3.63, 3.8) is 0 Å². The van der Waals surface area contributed by atoms with Gasteiger partial charge < -0.3 is 19.5 Å². The van der Waals surface area contributed by atoms with E-state index < -0.39 is 24.1 Å². The number of hydrogen-bond acceptors (Lipinski definition) is 10. The van der Waals surface area contributed by atoms with Gasteiger partial charge in [-0.2, -0.15) is 9.78 Å². The van der Waals surface area contributed by atoms with Crippen molar-refractivity contribution in [1.29, 1.82) is 0 Å². The van der Waals surface area contributed by atoms with Gasteiger partial charge in [-0.15, -0.1) is 0 Å². The van der Waals surface area contributed by atoms with Crippen LogP contribution >= 0.6 is 15.9 Å². The van der Waals surface area contributed by atoms with E-state index in [4.69, 9.17) is 19.2 Å². The van der Waals surface area contributed by atoms with Crippen molar-refractivity contribution in [1.82, 2.24) is 25.0 Å². The Morgan fingerprint density at radius 3 is 3.00 bits per heavy atom. The van der Waals surface area contributed by atoms with Gasteiger partial charge in [0.2, 0.25) is 5.96 Å². The molecular formula is C21H22BrFN6O5. The van der Waals surface area contributed by atoms with Crippen LogP contribution in [0.3, 0.4) is 0 Å². The molecule has 4 rings (SSSR count). The lowest BCUT2D eigenvalue weighted by atomic mass is 9.95. The quantitative estimate of drug-likeness (QED) is 0.413. The maximum absolute atomic E-state index is 13.8. The van der Waals surface area contributed by atoms with Crippen LogP contribution in [0, 0.1) is 5.82 Å². The molecule has 1 aromatic heterocycles. The van der Waals surface area contributed by atoms with Crippen LogP contribution in [-0.2, 0) is 23.8 Å². The highest BCUT2D eigenvalue weighted by atomic mass is 79.9. The molecule has 0 aliphatic carbocycles. The van der Waals surface area contributed by atoms with Crippen molar-refractivity contribution < 1.29 is 28.2 Å². The summed E-state index contributed by atoms with van der Waals surface area (Å²) in [6.07, 6.45) is 2.18. The summed E-state index contributed by atoms with van der Waals surface area (Å²) in [5, 5.41) is 7.29. The van der Waals surface area contributed by atoms with Crippen LogP contribution < -0.4 is 5.32 Å². The zero-order valence-corrected chi connectivity index (χ0v) is 19.8. The van der Waals surface area contributed by atoms with Gasteiger partial charge in [-0.05, 0) is 24.6 Å². The minimum absolute atomic E-state index is 0.154. The molecule has 0 radical (unpaired) electrons. The molecule has 11 nitrogen and oxygen atoms in total. The zero-order chi connectivity index (χ0) is 24.1. The minimum Gasteiger partial charge on any atom is -0.463 e. The average Bonchev–Trinajstić information content (AvgIpc) is 3.35. The molecule has 0 saturated carbocycles. The van der Waals surface area contributed by atoms with E-state index in [0.29, 0.717) is 41.3 Å². The lowest BCUT2D eigenvalue weighted by Gasteiger charge is -2.36. The first kappa shape index (κ1) is 24.0. The average molecular weight is 537 g/mol. The lowest BCUT2D eigenvalue weighted by Crippen LogP contribution is -2.50. The molecule has 0 spiro atoms. The van der Waals surface area contributed by atoms with Gasteiger partial charge in [-0.3, -0.25) is 9.69 Å². The summed E-state index contributed by atoms with van der Waals surface area (Å²) >= 11 is 3.39. The van der Waals surface area contributed by atoms with Crippen molar-refractivity contribution in [3.8, 4) is 0 Å². The van der Waals surface area contributed by atoms with E-state index in [1.165, 1.54) is 29.5 Å². The zero-order valence-electron chi connectivity index (χ0n) is 18.2. The second-order valence-electron chi connectivity index (χ2n) is 7.33. The number of morpholine rings is 1. The maximum Gasteiger partial charge on any atom is 0.338 e. The number of hydrogen-bond donors (Lipinski definition) is 1. The van der Waals surface area contributed by atoms with Gasteiger partial charge >= 0.3 is 5.97 Å². The van der Waals surface area contributed by atoms with E-state index in [1.54, 1.807) is 13.0 Å². The first-order valence-corrected chi connectivity index (χ1v) is 11.3. The molecule has 1 aromatic carbocycles. The topological polar surface area (TPSA) is 120 Å². The van der Waals surface area contributed by atoms with Crippen molar-refractivity contribution in [2.24, 2.45) is 4.99 Å². The number of nitrogens with one attached hydrogen (secondary N) is 1. The number of esters is 1. The third kappa shape index (κ3) is 5.16. The summed E-state index contributed by atoms with van der Waals surface area (Å²) in [5.41, 5.74) is 1.28. The number of benzene rings is 1. The number of nitrogens with zero attached hydrogens (tertiary/aromatic N) is 5. The fraction of sp³-hybridized carbons (Fsp3) is 0.381. The Kier molecular flexibility index (Phi) is 7.65. The largest absolute Gasteiger partial charge is 0.463 e. The molecule has 13 heteroatoms. The third-order valence-corrected chi connectivity index (χ3v) is 5.95. The Hall–Kier alpha value is -3.16. The first-order chi connectivity index (χ1) is 16.5. The van der Waals surface area contributed by atoms with Gasteiger partial charge in [0.15, 0.2) is 6.23 Å². The van der Waals surface area contributed by atoms with E-state index >= 15 is 0 Å². The van der Waals surface area contributed by atoms with Crippen LogP contribution in [0.5, 0.6) is 0 Å². The summed E-state index contributed by atoms with van der Waals surface area (Å²) in [5.74, 6) is -0.703. The number of halogens is 2. The molecule has 0 amide bonds. The summed E-state index contributed by atoms with van der Waals surface area (Å²) in [6.45, 7) is 3.50. The summed E-state index contributed by atoms with van der Waals surface area (Å²) < 4.78 is 31.6. The highest BCUT2D eigenvalue weighted by Crippen LogP contribution is 2.36. The molecule has 2 aliphatic rings. The van der Waals surface area contributed by atoms with Crippen LogP contribution in [0.2, 0.25) is 0 Å². The number of aliphatic imine (C=N–C) groups is 1. The first-order valence-electron chi connectivity index (χ1n) is 10.5. The van der Waals surface area contributed by atoms with Gasteiger partial charge in [-0.1, -0.05) is 22.0 Å². The number of carbonyl (C=O) groups is 2. The second kappa shape index (κ2) is 10.8. The van der Waals surface area contributed by atoms with E-state index in [-0.39, 0.29) is 25.3 Å². The smallest absolute Gasteiger partial charge is 0.338 e. The summed E-state index contributed by atoms with van der Waals surface area (Å²) in [4.78, 5) is 34.7. The molecule has 2 atom stereocenters. The van der Waals surface area contributed by atoms with E-state index in [2.05, 4.69) is 31.3 Å². The van der Waals surface area contributed by atoms with Gasteiger partial charge in [0, 0.05) is 23.3 Å². The molecule has 2 aromatic rings. The fourth-order valence-electron chi connectivity index (χ4n) is 3.73. The van der Waals surface area contributed by atoms with Crippen LogP contribution in [0.25, 0.3) is 0 Å². The monoisotopic (exact) mass is 536 g/mol. The van der Waals surface area contributed by atoms with Crippen LogP contribution in [0.15, 0.2) is 51.6 Å². The molecule has 1 N–H and O–H groups in total. The molecular weight excluding hydrogens is 515 g/mol. The van der Waals surface area contributed by atoms with E-state index in [0.717, 1.165) is 0 Å². The number of aromatic nitrogens is 3. The van der Waals surface area contributed by atoms with E-state index in [1.807, 2.05) is 4.90 Å². The molecule has 2 aliphatic heterocycles. The summed E-state index contributed by atoms with van der Waals surface area (Å²) in [7, 11) is 0. The van der Waals surface area contributed by atoms with Crippen molar-refractivity contribution in [2.45, 2.75) is 19.2 Å². The van der Waals surface area contributed by atoms with Gasteiger partial charge in [0.05, 0.1) is 25.4 Å². The Bertz CT molecular complexity index is 1110. The Balaban J connectivity index is 1.81. The van der Waals surface area contributed by atoms with Crippen molar-refractivity contribution in [2.75, 3.05) is 32.9 Å². The highest BCUT2D eigenvalue weighted by Gasteiger charge is 2.36. The third-order valence-electron chi connectivity index (χ3n) is 5.27. The Labute approximate surface area is 202 Å². The molecule has 34 heavy (non-hydrogen) atoms. The predicted molar refractivity (Wildman–Crippen MR) is 120 cm³/mol. The summed E-state index contributed by atoms with van der Waals surface area (Å²) in [6, 6.07) is 3.32. The highest BCUT2D eigenvalue weighted by molar-refractivity contribution is 9.10. The molecule has 0 bridgehead atoms. The molecule has 180 valence electrons. The van der Waals surface area contributed by atoms with Crippen LogP contribution in [0.4, 0.5) is 4.39 Å². The molecule has 2 unspecified atom stereocenters. The molecule has 1 saturated heterocycles. The number of carbonyl (C=O) groups excluding carboxylic acids is 2. The van der Waals surface area contributed by atoms with Gasteiger partial charge in [0.25, 0.3) is 6.47 Å². The maximum atomic E-state index is 13.8. The second-order valence-corrected chi connectivity index (χ2v) is 8.19. The predicted octanol–water partition coefficient (Wildman–Crippen LogP) is 1.38. The van der Waals surface area contributed by atoms with Gasteiger partial charge in [0.1, 0.15) is 24.5 Å². The van der Waals surface area contributed by atoms with Crippen LogP contribution in [0.1, 0.15) is 18.5 Å². The molecule has 1 fully saturated rings. The number of ether oxygens (including phenoxy) is 3.